The SMILES string of the molecule is NC1(Cc2cccc(Br)c2)CCC1. The minimum atomic E-state index is 0.0980. The van der Waals surface area contributed by atoms with Crippen molar-refractivity contribution in [1.29, 1.82) is 0 Å². The number of nitrogens with two attached hydrogens (primary N) is 1. The predicted molar refractivity (Wildman–Crippen MR) is 58.6 cm³/mol. The van der Waals surface area contributed by atoms with Crippen LogP contribution in [-0.4, -0.2) is 5.54 Å². The minimum Gasteiger partial charge on any atom is -0.325 e. The van der Waals surface area contributed by atoms with Crippen LogP contribution in [0.3, 0.4) is 0 Å². The molecule has 0 aliphatic heterocycles. The monoisotopic (exact) mass is 239 g/mol. The fourth-order valence-corrected chi connectivity index (χ4v) is 2.31. The summed E-state index contributed by atoms with van der Waals surface area (Å²) in [7, 11) is 0. The average Bonchev–Trinajstić information content (AvgIpc) is 2.01. The van der Waals surface area contributed by atoms with E-state index in [9.17, 15) is 0 Å². The van der Waals surface area contributed by atoms with Gasteiger partial charge in [-0.25, -0.2) is 0 Å². The first-order valence-corrected chi connectivity index (χ1v) is 5.51. The molecule has 1 aliphatic rings. The van der Waals surface area contributed by atoms with E-state index in [2.05, 4.69) is 34.1 Å². The Hall–Kier alpha value is -0.340. The van der Waals surface area contributed by atoms with Crippen molar-refractivity contribution in [3.05, 3.63) is 34.3 Å². The third kappa shape index (κ3) is 2.12. The minimum absolute atomic E-state index is 0.0980. The second-order valence-corrected chi connectivity index (χ2v) is 4.94. The maximum absolute atomic E-state index is 6.17. The normalized spacial score (nSPS) is 19.5. The Balaban J connectivity index is 2.09. The highest BCUT2D eigenvalue weighted by Gasteiger charge is 2.32. The van der Waals surface area contributed by atoms with Crippen LogP contribution in [0.2, 0.25) is 0 Å². The van der Waals surface area contributed by atoms with Crippen LogP contribution in [-0.2, 0) is 6.42 Å². The van der Waals surface area contributed by atoms with Gasteiger partial charge in [-0.3, -0.25) is 0 Å². The van der Waals surface area contributed by atoms with Crippen molar-refractivity contribution < 1.29 is 0 Å². The van der Waals surface area contributed by atoms with E-state index >= 15 is 0 Å². The van der Waals surface area contributed by atoms with Crippen LogP contribution >= 0.6 is 15.9 Å². The van der Waals surface area contributed by atoms with Crippen molar-refractivity contribution in [2.45, 2.75) is 31.2 Å². The quantitative estimate of drug-likeness (QED) is 0.845. The highest BCUT2D eigenvalue weighted by molar-refractivity contribution is 9.10. The molecule has 0 spiro atoms. The van der Waals surface area contributed by atoms with Gasteiger partial charge in [-0.05, 0) is 43.4 Å². The number of hydrogen-bond donors (Lipinski definition) is 1. The fourth-order valence-electron chi connectivity index (χ4n) is 1.86. The van der Waals surface area contributed by atoms with E-state index in [-0.39, 0.29) is 5.54 Å². The second kappa shape index (κ2) is 3.43. The average molecular weight is 240 g/mol. The van der Waals surface area contributed by atoms with Gasteiger partial charge in [0.1, 0.15) is 0 Å². The summed E-state index contributed by atoms with van der Waals surface area (Å²) in [5.41, 5.74) is 7.61. The number of benzene rings is 1. The number of rotatable bonds is 2. The molecule has 0 amide bonds. The zero-order valence-electron chi connectivity index (χ0n) is 7.59. The van der Waals surface area contributed by atoms with Crippen molar-refractivity contribution in [2.24, 2.45) is 5.73 Å². The molecule has 0 atom stereocenters. The first kappa shape index (κ1) is 9.22. The second-order valence-electron chi connectivity index (χ2n) is 4.02. The van der Waals surface area contributed by atoms with Crippen molar-refractivity contribution in [2.75, 3.05) is 0 Å². The topological polar surface area (TPSA) is 26.0 Å². The molecule has 2 N–H and O–H groups in total. The third-order valence-electron chi connectivity index (χ3n) is 2.79. The summed E-state index contributed by atoms with van der Waals surface area (Å²) in [6.07, 6.45) is 4.68. The van der Waals surface area contributed by atoms with Crippen molar-refractivity contribution >= 4 is 15.9 Å². The summed E-state index contributed by atoms with van der Waals surface area (Å²) in [5.74, 6) is 0. The first-order chi connectivity index (χ1) is 6.18. The molecule has 1 aliphatic carbocycles. The molecular weight excluding hydrogens is 226 g/mol. The molecule has 0 unspecified atom stereocenters. The molecule has 0 bridgehead atoms. The lowest BCUT2D eigenvalue weighted by molar-refractivity contribution is 0.247. The van der Waals surface area contributed by atoms with E-state index in [1.807, 2.05) is 6.07 Å². The van der Waals surface area contributed by atoms with E-state index in [0.717, 1.165) is 10.9 Å². The highest BCUT2D eigenvalue weighted by Crippen LogP contribution is 2.32. The molecule has 0 saturated heterocycles. The molecule has 1 aromatic carbocycles. The Morgan fingerprint density at radius 2 is 2.15 bits per heavy atom. The molecule has 0 aromatic heterocycles. The molecule has 13 heavy (non-hydrogen) atoms. The van der Waals surface area contributed by atoms with Crippen molar-refractivity contribution in [3.8, 4) is 0 Å². The van der Waals surface area contributed by atoms with Crippen LogP contribution in [0.4, 0.5) is 0 Å². The van der Waals surface area contributed by atoms with Gasteiger partial charge in [0, 0.05) is 10.0 Å². The van der Waals surface area contributed by atoms with Crippen LogP contribution < -0.4 is 5.73 Å². The van der Waals surface area contributed by atoms with E-state index in [1.165, 1.54) is 24.8 Å². The predicted octanol–water partition coefficient (Wildman–Crippen LogP) is 2.87. The van der Waals surface area contributed by atoms with Gasteiger partial charge in [0.25, 0.3) is 0 Å². The molecule has 1 nitrogen and oxygen atoms in total. The Morgan fingerprint density at radius 3 is 2.69 bits per heavy atom. The smallest absolute Gasteiger partial charge is 0.0195 e. The Morgan fingerprint density at radius 1 is 1.38 bits per heavy atom. The maximum Gasteiger partial charge on any atom is 0.0195 e. The van der Waals surface area contributed by atoms with Gasteiger partial charge in [0.05, 0.1) is 0 Å². The first-order valence-electron chi connectivity index (χ1n) is 4.71. The van der Waals surface area contributed by atoms with Gasteiger partial charge in [0.2, 0.25) is 0 Å². The lowest BCUT2D eigenvalue weighted by Gasteiger charge is -2.38. The summed E-state index contributed by atoms with van der Waals surface area (Å²) in [6.45, 7) is 0. The Kier molecular flexibility index (Phi) is 2.43. The van der Waals surface area contributed by atoms with Crippen molar-refractivity contribution in [3.63, 3.8) is 0 Å². The Labute approximate surface area is 87.5 Å². The van der Waals surface area contributed by atoms with E-state index in [0.29, 0.717) is 0 Å². The molecule has 2 heteroatoms. The van der Waals surface area contributed by atoms with Gasteiger partial charge in [-0.2, -0.15) is 0 Å². The van der Waals surface area contributed by atoms with Crippen LogP contribution in [0.5, 0.6) is 0 Å². The van der Waals surface area contributed by atoms with E-state index < -0.39 is 0 Å². The van der Waals surface area contributed by atoms with Gasteiger partial charge >= 0.3 is 0 Å². The standard InChI is InChI=1S/C11H14BrN/c12-10-4-1-3-9(7-10)8-11(13)5-2-6-11/h1,3-4,7H,2,5-6,8,13H2. The lowest BCUT2D eigenvalue weighted by atomic mass is 9.74. The van der Waals surface area contributed by atoms with Gasteiger partial charge in [-0.1, -0.05) is 28.1 Å². The third-order valence-corrected chi connectivity index (χ3v) is 3.29. The highest BCUT2D eigenvalue weighted by atomic mass is 79.9. The largest absolute Gasteiger partial charge is 0.325 e. The van der Waals surface area contributed by atoms with Crippen LogP contribution in [0.15, 0.2) is 28.7 Å². The zero-order valence-corrected chi connectivity index (χ0v) is 9.18. The van der Waals surface area contributed by atoms with Gasteiger partial charge in [-0.15, -0.1) is 0 Å². The number of halogens is 1. The van der Waals surface area contributed by atoms with Crippen LogP contribution in [0, 0.1) is 0 Å². The molecule has 0 radical (unpaired) electrons. The molecule has 1 aromatic rings. The molecular formula is C11H14BrN. The lowest BCUT2D eigenvalue weighted by Crippen LogP contribution is -2.48. The van der Waals surface area contributed by atoms with Gasteiger partial charge in [0.15, 0.2) is 0 Å². The zero-order chi connectivity index (χ0) is 9.31. The van der Waals surface area contributed by atoms with Crippen LogP contribution in [0.1, 0.15) is 24.8 Å². The van der Waals surface area contributed by atoms with E-state index in [1.54, 1.807) is 0 Å². The van der Waals surface area contributed by atoms with Gasteiger partial charge < -0.3 is 5.73 Å². The maximum atomic E-state index is 6.17. The fraction of sp³-hybridized carbons (Fsp3) is 0.455. The van der Waals surface area contributed by atoms with Crippen molar-refractivity contribution in [1.82, 2.24) is 0 Å². The van der Waals surface area contributed by atoms with Crippen LogP contribution in [0.25, 0.3) is 0 Å². The Bertz CT molecular complexity index is 305. The number of hydrogen-bond acceptors (Lipinski definition) is 1. The summed E-state index contributed by atoms with van der Waals surface area (Å²) in [4.78, 5) is 0. The summed E-state index contributed by atoms with van der Waals surface area (Å²) >= 11 is 3.47. The molecule has 0 heterocycles. The summed E-state index contributed by atoms with van der Waals surface area (Å²) < 4.78 is 1.15. The summed E-state index contributed by atoms with van der Waals surface area (Å²) in [5, 5.41) is 0. The molecule has 1 saturated carbocycles. The molecule has 70 valence electrons. The molecule has 2 rings (SSSR count). The molecule has 1 fully saturated rings. The van der Waals surface area contributed by atoms with E-state index in [4.69, 9.17) is 5.73 Å². The summed E-state index contributed by atoms with van der Waals surface area (Å²) in [6, 6.07) is 8.43.